The molecule has 0 aromatic heterocycles. The van der Waals surface area contributed by atoms with Gasteiger partial charge in [-0.3, -0.25) is 24.5 Å². The number of carboxylic acid groups (broad SMARTS) is 1. The third-order valence-corrected chi connectivity index (χ3v) is 4.58. The SMILES string of the molecule is O=C(CNC(=O)c1c(Cl)cccc1[N+](=O)[O-])NC1CCC(C(=O)O)CC1. The summed E-state index contributed by atoms with van der Waals surface area (Å²) in [4.78, 5) is 45.3. The fraction of sp³-hybridized carbons (Fsp3) is 0.438. The Morgan fingerprint density at radius 1 is 1.23 bits per heavy atom. The van der Waals surface area contributed by atoms with Gasteiger partial charge in [0, 0.05) is 12.1 Å². The van der Waals surface area contributed by atoms with Crippen LogP contribution >= 0.6 is 11.6 Å². The highest BCUT2D eigenvalue weighted by Gasteiger charge is 2.27. The number of nitro groups is 1. The average Bonchev–Trinajstić information content (AvgIpc) is 2.59. The maximum atomic E-state index is 12.2. The number of carboxylic acids is 1. The van der Waals surface area contributed by atoms with Crippen LogP contribution < -0.4 is 10.6 Å². The van der Waals surface area contributed by atoms with E-state index in [9.17, 15) is 24.5 Å². The van der Waals surface area contributed by atoms with Crippen molar-refractivity contribution < 1.29 is 24.4 Å². The number of hydrogen-bond donors (Lipinski definition) is 3. The summed E-state index contributed by atoms with van der Waals surface area (Å²) in [6.07, 6.45) is 2.07. The molecule has 1 fully saturated rings. The Morgan fingerprint density at radius 2 is 1.88 bits per heavy atom. The van der Waals surface area contributed by atoms with Crippen LogP contribution in [0.4, 0.5) is 5.69 Å². The van der Waals surface area contributed by atoms with Crippen molar-refractivity contribution >= 4 is 35.1 Å². The van der Waals surface area contributed by atoms with E-state index in [2.05, 4.69) is 10.6 Å². The van der Waals surface area contributed by atoms with E-state index in [4.69, 9.17) is 16.7 Å². The second kappa shape index (κ2) is 8.61. The number of halogens is 1. The summed E-state index contributed by atoms with van der Waals surface area (Å²) in [5, 5.41) is 24.9. The highest BCUT2D eigenvalue weighted by molar-refractivity contribution is 6.34. The normalized spacial score (nSPS) is 19.4. The van der Waals surface area contributed by atoms with Gasteiger partial charge in [0.05, 0.1) is 22.4 Å². The third kappa shape index (κ3) is 4.92. The second-order valence-corrected chi connectivity index (χ2v) is 6.44. The Bertz CT molecular complexity index is 731. The number of carbonyl (C=O) groups is 3. The number of nitrogens with one attached hydrogen (secondary N) is 2. The van der Waals surface area contributed by atoms with Crippen LogP contribution in [0.2, 0.25) is 5.02 Å². The van der Waals surface area contributed by atoms with E-state index in [1.165, 1.54) is 12.1 Å². The van der Waals surface area contributed by atoms with E-state index < -0.39 is 28.4 Å². The van der Waals surface area contributed by atoms with Crippen molar-refractivity contribution in [2.45, 2.75) is 31.7 Å². The Kier molecular flexibility index (Phi) is 6.51. The molecule has 1 aliphatic rings. The lowest BCUT2D eigenvalue weighted by atomic mass is 9.86. The molecule has 9 nitrogen and oxygen atoms in total. The molecule has 140 valence electrons. The first kappa shape index (κ1) is 19.6. The number of benzene rings is 1. The predicted octanol–water partition coefficient (Wildman–Crippen LogP) is 1.74. The van der Waals surface area contributed by atoms with Crippen LogP contribution in [0.25, 0.3) is 0 Å². The molecule has 3 N–H and O–H groups in total. The van der Waals surface area contributed by atoms with Crippen LogP contribution in [0.5, 0.6) is 0 Å². The van der Waals surface area contributed by atoms with E-state index in [-0.39, 0.29) is 29.1 Å². The van der Waals surface area contributed by atoms with Crippen LogP contribution in [0.15, 0.2) is 18.2 Å². The zero-order valence-electron chi connectivity index (χ0n) is 13.7. The van der Waals surface area contributed by atoms with Gasteiger partial charge in [-0.25, -0.2) is 0 Å². The monoisotopic (exact) mass is 383 g/mol. The Morgan fingerprint density at radius 3 is 2.46 bits per heavy atom. The first-order valence-corrected chi connectivity index (χ1v) is 8.40. The summed E-state index contributed by atoms with van der Waals surface area (Å²) < 4.78 is 0. The molecule has 10 heteroatoms. The van der Waals surface area contributed by atoms with Crippen molar-refractivity contribution in [1.29, 1.82) is 0 Å². The van der Waals surface area contributed by atoms with Gasteiger partial charge in [-0.15, -0.1) is 0 Å². The molecular formula is C16H18ClN3O6. The lowest BCUT2D eigenvalue weighted by Gasteiger charge is -2.26. The summed E-state index contributed by atoms with van der Waals surface area (Å²) in [5.41, 5.74) is -0.740. The lowest BCUT2D eigenvalue weighted by Crippen LogP contribution is -2.43. The molecule has 2 rings (SSSR count). The molecule has 0 unspecified atom stereocenters. The Labute approximate surface area is 153 Å². The summed E-state index contributed by atoms with van der Waals surface area (Å²) in [6.45, 7) is -0.361. The number of aliphatic carboxylic acids is 1. The molecular weight excluding hydrogens is 366 g/mol. The van der Waals surface area contributed by atoms with Crippen molar-refractivity contribution in [1.82, 2.24) is 10.6 Å². The highest BCUT2D eigenvalue weighted by Crippen LogP contribution is 2.26. The molecule has 0 bridgehead atoms. The molecule has 26 heavy (non-hydrogen) atoms. The van der Waals surface area contributed by atoms with E-state index in [0.717, 1.165) is 6.07 Å². The molecule has 0 heterocycles. The summed E-state index contributed by atoms with van der Waals surface area (Å²) in [5.74, 6) is -2.48. The standard InChI is InChI=1S/C16H18ClN3O6/c17-11-2-1-3-12(20(25)26)14(11)15(22)18-8-13(21)19-10-6-4-9(5-7-10)16(23)24/h1-3,9-10H,4-8H2,(H,18,22)(H,19,21)(H,23,24). The molecule has 0 radical (unpaired) electrons. The molecule has 1 aliphatic carbocycles. The predicted molar refractivity (Wildman–Crippen MR) is 92.0 cm³/mol. The Balaban J connectivity index is 1.88. The minimum atomic E-state index is -0.830. The molecule has 0 atom stereocenters. The van der Waals surface area contributed by atoms with Gasteiger partial charge < -0.3 is 15.7 Å². The van der Waals surface area contributed by atoms with Gasteiger partial charge in [0.2, 0.25) is 5.91 Å². The van der Waals surface area contributed by atoms with E-state index in [0.29, 0.717) is 25.7 Å². The lowest BCUT2D eigenvalue weighted by molar-refractivity contribution is -0.385. The topological polar surface area (TPSA) is 139 Å². The van der Waals surface area contributed by atoms with E-state index in [1.807, 2.05) is 0 Å². The van der Waals surface area contributed by atoms with E-state index >= 15 is 0 Å². The number of amides is 2. The number of nitro benzene ring substituents is 1. The van der Waals surface area contributed by atoms with Crippen molar-refractivity contribution in [3.8, 4) is 0 Å². The quantitative estimate of drug-likeness (QED) is 0.505. The van der Waals surface area contributed by atoms with Crippen LogP contribution in [0.3, 0.4) is 0 Å². The van der Waals surface area contributed by atoms with Crippen molar-refractivity contribution in [2.75, 3.05) is 6.54 Å². The summed E-state index contributed by atoms with van der Waals surface area (Å²) >= 11 is 5.86. The fourth-order valence-electron chi connectivity index (χ4n) is 2.90. The second-order valence-electron chi connectivity index (χ2n) is 6.03. The minimum Gasteiger partial charge on any atom is -0.481 e. The number of nitrogens with zero attached hydrogens (tertiary/aromatic N) is 1. The largest absolute Gasteiger partial charge is 0.481 e. The van der Waals surface area contributed by atoms with Crippen LogP contribution in [0, 0.1) is 16.0 Å². The van der Waals surface area contributed by atoms with Gasteiger partial charge in [-0.05, 0) is 31.7 Å². The zero-order valence-corrected chi connectivity index (χ0v) is 14.5. The molecule has 0 saturated heterocycles. The average molecular weight is 384 g/mol. The van der Waals surface area contributed by atoms with Gasteiger partial charge in [-0.1, -0.05) is 17.7 Å². The maximum Gasteiger partial charge on any atom is 0.306 e. The van der Waals surface area contributed by atoms with Crippen molar-refractivity contribution in [3.63, 3.8) is 0 Å². The molecule has 0 aliphatic heterocycles. The van der Waals surface area contributed by atoms with Gasteiger partial charge in [0.15, 0.2) is 0 Å². The number of carbonyl (C=O) groups excluding carboxylic acids is 2. The Hall–Kier alpha value is -2.68. The fourth-order valence-corrected chi connectivity index (χ4v) is 3.16. The molecule has 1 aromatic carbocycles. The van der Waals surface area contributed by atoms with Gasteiger partial charge in [0.25, 0.3) is 11.6 Å². The van der Waals surface area contributed by atoms with Crippen molar-refractivity contribution in [3.05, 3.63) is 38.9 Å². The van der Waals surface area contributed by atoms with Crippen molar-refractivity contribution in [2.24, 2.45) is 5.92 Å². The smallest absolute Gasteiger partial charge is 0.306 e. The summed E-state index contributed by atoms with van der Waals surface area (Å²) in [6, 6.07) is 3.72. The maximum absolute atomic E-state index is 12.2. The number of rotatable bonds is 6. The molecule has 1 saturated carbocycles. The van der Waals surface area contributed by atoms with Crippen LogP contribution in [0.1, 0.15) is 36.0 Å². The summed E-state index contributed by atoms with van der Waals surface area (Å²) in [7, 11) is 0. The zero-order chi connectivity index (χ0) is 19.3. The first-order chi connectivity index (χ1) is 12.3. The number of hydrogen-bond acceptors (Lipinski definition) is 5. The highest BCUT2D eigenvalue weighted by atomic mass is 35.5. The van der Waals surface area contributed by atoms with Gasteiger partial charge >= 0.3 is 5.97 Å². The van der Waals surface area contributed by atoms with Gasteiger partial charge in [-0.2, -0.15) is 0 Å². The molecule has 0 spiro atoms. The van der Waals surface area contributed by atoms with Crippen LogP contribution in [-0.4, -0.2) is 40.4 Å². The molecule has 1 aromatic rings. The molecule has 2 amide bonds. The van der Waals surface area contributed by atoms with Crippen LogP contribution in [-0.2, 0) is 9.59 Å². The van der Waals surface area contributed by atoms with E-state index in [1.54, 1.807) is 0 Å². The first-order valence-electron chi connectivity index (χ1n) is 8.03. The third-order valence-electron chi connectivity index (χ3n) is 4.27. The minimum absolute atomic E-state index is 0.0795. The van der Waals surface area contributed by atoms with Gasteiger partial charge in [0.1, 0.15) is 5.56 Å².